The monoisotopic (exact) mass is 371 g/mol. The van der Waals surface area contributed by atoms with Gasteiger partial charge in [0.1, 0.15) is 5.60 Å². The maximum Gasteiger partial charge on any atom is 0.513 e. The Kier molecular flexibility index (Phi) is 4.52. The van der Waals surface area contributed by atoms with Crippen molar-refractivity contribution in [2.24, 2.45) is 0 Å². The van der Waals surface area contributed by atoms with Crippen LogP contribution in [0.1, 0.15) is 59.6 Å². The van der Waals surface area contributed by atoms with Crippen LogP contribution in [0, 0.1) is 13.8 Å². The van der Waals surface area contributed by atoms with Crippen molar-refractivity contribution < 1.29 is 18.8 Å². The number of hydrogen-bond acceptors (Lipinski definition) is 4. The maximum atomic E-state index is 13.1. The molecule has 5 nitrogen and oxygen atoms in total. The van der Waals surface area contributed by atoms with Crippen LogP contribution in [0.4, 0.5) is 4.79 Å². The highest BCUT2D eigenvalue weighted by molar-refractivity contribution is 6.62. The highest BCUT2D eigenvalue weighted by atomic mass is 16.7. The van der Waals surface area contributed by atoms with E-state index < -0.39 is 30.0 Å². The van der Waals surface area contributed by atoms with E-state index in [-0.39, 0.29) is 0 Å². The van der Waals surface area contributed by atoms with Crippen LogP contribution in [0.15, 0.2) is 18.2 Å². The van der Waals surface area contributed by atoms with Crippen molar-refractivity contribution in [3.05, 3.63) is 29.3 Å². The fourth-order valence-electron chi connectivity index (χ4n) is 3.14. The van der Waals surface area contributed by atoms with Gasteiger partial charge in [-0.1, -0.05) is 0 Å². The summed E-state index contributed by atoms with van der Waals surface area (Å²) in [4.78, 5) is 13.1. The number of hydrogen-bond donors (Lipinski definition) is 0. The van der Waals surface area contributed by atoms with Gasteiger partial charge in [0, 0.05) is 5.39 Å². The third-order valence-corrected chi connectivity index (χ3v) is 5.52. The van der Waals surface area contributed by atoms with Crippen molar-refractivity contribution >= 4 is 29.7 Å². The van der Waals surface area contributed by atoms with Gasteiger partial charge in [-0.05, 0) is 91.6 Å². The van der Waals surface area contributed by atoms with Crippen LogP contribution in [0.5, 0.6) is 0 Å². The molecule has 0 unspecified atom stereocenters. The number of aryl methyl sites for hydroxylation is 2. The number of nitrogens with zero attached hydrogens (tertiary/aromatic N) is 1. The first kappa shape index (κ1) is 20.0. The lowest BCUT2D eigenvalue weighted by molar-refractivity contribution is 0.00578. The summed E-state index contributed by atoms with van der Waals surface area (Å²) in [5, 5.41) is 0.966. The molecule has 0 atom stereocenters. The van der Waals surface area contributed by atoms with Gasteiger partial charge >= 0.3 is 13.2 Å². The molecule has 0 bridgehead atoms. The number of aromatic nitrogens is 1. The molecule has 1 aromatic carbocycles. The summed E-state index contributed by atoms with van der Waals surface area (Å²) in [5.74, 6) is 0. The van der Waals surface area contributed by atoms with Gasteiger partial charge in [0.15, 0.2) is 0 Å². The second kappa shape index (κ2) is 6.11. The van der Waals surface area contributed by atoms with Crippen LogP contribution in [0.25, 0.3) is 10.9 Å². The van der Waals surface area contributed by atoms with E-state index in [0.29, 0.717) is 5.59 Å². The van der Waals surface area contributed by atoms with E-state index in [1.807, 2.05) is 67.5 Å². The highest BCUT2D eigenvalue weighted by Crippen LogP contribution is 2.37. The van der Waals surface area contributed by atoms with Crippen LogP contribution >= 0.6 is 0 Å². The molecule has 6 heteroatoms. The zero-order valence-electron chi connectivity index (χ0n) is 17.9. The van der Waals surface area contributed by atoms with E-state index in [0.717, 1.165) is 16.5 Å². The summed E-state index contributed by atoms with van der Waals surface area (Å²) in [5.41, 5.74) is 2.17. The minimum Gasteiger partial charge on any atom is -0.443 e. The van der Waals surface area contributed by atoms with Gasteiger partial charge in [0.2, 0.25) is 0 Å². The molecule has 1 aliphatic heterocycles. The summed E-state index contributed by atoms with van der Waals surface area (Å²) in [6, 6.07) is 6.07. The minimum absolute atomic E-state index is 0.425. The number of rotatable bonds is 1. The smallest absolute Gasteiger partial charge is 0.443 e. The molecule has 1 aliphatic rings. The van der Waals surface area contributed by atoms with Gasteiger partial charge in [-0.15, -0.1) is 0 Å². The molecule has 0 aliphatic carbocycles. The molecule has 1 fully saturated rings. The molecule has 2 aromatic rings. The van der Waals surface area contributed by atoms with Gasteiger partial charge in [-0.2, -0.15) is 0 Å². The van der Waals surface area contributed by atoms with E-state index in [1.54, 1.807) is 4.57 Å². The number of ether oxygens (including phenoxy) is 1. The summed E-state index contributed by atoms with van der Waals surface area (Å²) in [6.45, 7) is 17.7. The fraction of sp³-hybridized carbons (Fsp3) is 0.571. The van der Waals surface area contributed by atoms with Crippen LogP contribution in [-0.4, -0.2) is 34.6 Å². The van der Waals surface area contributed by atoms with Crippen molar-refractivity contribution in [3.8, 4) is 0 Å². The minimum atomic E-state index is -0.643. The Labute approximate surface area is 162 Å². The lowest BCUT2D eigenvalue weighted by Gasteiger charge is -2.32. The van der Waals surface area contributed by atoms with Crippen molar-refractivity contribution in [1.82, 2.24) is 4.57 Å². The fourth-order valence-corrected chi connectivity index (χ4v) is 3.14. The first-order chi connectivity index (χ1) is 12.2. The van der Waals surface area contributed by atoms with Crippen LogP contribution in [0.2, 0.25) is 0 Å². The van der Waals surface area contributed by atoms with Crippen molar-refractivity contribution in [1.29, 1.82) is 0 Å². The molecule has 2 heterocycles. The quantitative estimate of drug-likeness (QED) is 0.700. The molecule has 146 valence electrons. The van der Waals surface area contributed by atoms with Gasteiger partial charge in [0.25, 0.3) is 0 Å². The average molecular weight is 371 g/mol. The Hall–Kier alpha value is -1.79. The number of fused-ring (bicyclic) bond motifs is 1. The van der Waals surface area contributed by atoms with Crippen molar-refractivity contribution in [3.63, 3.8) is 0 Å². The molecular formula is C21H30BNO4. The number of benzene rings is 1. The molecule has 27 heavy (non-hydrogen) atoms. The van der Waals surface area contributed by atoms with Gasteiger partial charge in [-0.3, -0.25) is 4.57 Å². The molecule has 0 saturated carbocycles. The van der Waals surface area contributed by atoms with Gasteiger partial charge in [-0.25, -0.2) is 4.79 Å². The Balaban J connectivity index is 2.17. The molecule has 0 amide bonds. The van der Waals surface area contributed by atoms with E-state index >= 15 is 0 Å². The third-order valence-electron chi connectivity index (χ3n) is 5.52. The molecule has 3 rings (SSSR count). The lowest BCUT2D eigenvalue weighted by Crippen LogP contribution is -2.43. The average Bonchev–Trinajstić information content (AvgIpc) is 2.92. The van der Waals surface area contributed by atoms with Crippen LogP contribution in [-0.2, 0) is 14.0 Å². The first-order valence-corrected chi connectivity index (χ1v) is 9.43. The van der Waals surface area contributed by atoms with Gasteiger partial charge < -0.3 is 14.0 Å². The summed E-state index contributed by atoms with van der Waals surface area (Å²) in [6.07, 6.45) is -0.425. The molecule has 0 radical (unpaired) electrons. The molecular weight excluding hydrogens is 341 g/mol. The standard InChI is InChI=1S/C21H30BNO4/c1-13-10-15-12-17(22-26-20(6,7)21(8,9)27-22)23(16(15)11-14(13)2)18(24)25-19(3,4)5/h10-12H,1-9H3. The van der Waals surface area contributed by atoms with Crippen LogP contribution < -0.4 is 5.59 Å². The second-order valence-electron chi connectivity index (χ2n) is 9.47. The van der Waals surface area contributed by atoms with E-state index in [4.69, 9.17) is 14.0 Å². The van der Waals surface area contributed by atoms with Gasteiger partial charge in [0.05, 0.1) is 22.3 Å². The molecule has 0 N–H and O–H groups in total. The predicted molar refractivity (Wildman–Crippen MR) is 109 cm³/mol. The molecule has 0 spiro atoms. The Morgan fingerprint density at radius 1 is 1.00 bits per heavy atom. The van der Waals surface area contributed by atoms with Crippen molar-refractivity contribution in [2.75, 3.05) is 0 Å². The van der Waals surface area contributed by atoms with E-state index in [2.05, 4.69) is 13.0 Å². The highest BCUT2D eigenvalue weighted by Gasteiger charge is 2.53. The zero-order chi connectivity index (χ0) is 20.4. The second-order valence-corrected chi connectivity index (χ2v) is 9.47. The number of carbonyl (C=O) groups is 1. The largest absolute Gasteiger partial charge is 0.513 e. The Morgan fingerprint density at radius 2 is 1.52 bits per heavy atom. The topological polar surface area (TPSA) is 49.7 Å². The third kappa shape index (κ3) is 3.53. The van der Waals surface area contributed by atoms with Crippen LogP contribution in [0.3, 0.4) is 0 Å². The first-order valence-electron chi connectivity index (χ1n) is 9.43. The summed E-state index contributed by atoms with van der Waals surface area (Å²) < 4.78 is 19.7. The summed E-state index contributed by atoms with van der Waals surface area (Å²) >= 11 is 0. The Morgan fingerprint density at radius 3 is 2.04 bits per heavy atom. The zero-order valence-corrected chi connectivity index (χ0v) is 17.9. The van der Waals surface area contributed by atoms with Crippen molar-refractivity contribution in [2.45, 2.75) is 79.1 Å². The van der Waals surface area contributed by atoms with E-state index in [9.17, 15) is 4.79 Å². The van der Waals surface area contributed by atoms with E-state index in [1.165, 1.54) is 5.56 Å². The maximum absolute atomic E-state index is 13.1. The lowest BCUT2D eigenvalue weighted by atomic mass is 9.84. The predicted octanol–water partition coefficient (Wildman–Crippen LogP) is 4.34. The summed E-state index contributed by atoms with van der Waals surface area (Å²) in [7, 11) is -0.643. The Bertz CT molecular complexity index is 889. The molecule has 1 saturated heterocycles. The SMILES string of the molecule is Cc1cc2cc(B3OC(C)(C)C(C)(C)O3)n(C(=O)OC(C)(C)C)c2cc1C. The normalized spacial score (nSPS) is 18.9. The molecule has 1 aromatic heterocycles. The number of carbonyl (C=O) groups excluding carboxylic acids is 1.